The molecular weight excluding hydrogens is 278 g/mol. The number of aliphatic hydroxyl groups excluding tert-OH is 1. The number of hydrogen-bond donors (Lipinski definition) is 2. The molecule has 3 rings (SSSR count). The molecule has 3 heteroatoms. The van der Waals surface area contributed by atoms with E-state index in [1.165, 1.54) is 29.7 Å². The van der Waals surface area contributed by atoms with Crippen LogP contribution in [0.1, 0.15) is 40.3 Å². The van der Waals surface area contributed by atoms with Crippen LogP contribution in [-0.4, -0.2) is 17.8 Å². The molecule has 0 fully saturated rings. The summed E-state index contributed by atoms with van der Waals surface area (Å²) in [4.78, 5) is 2.98. The van der Waals surface area contributed by atoms with Crippen molar-refractivity contribution >= 4 is 11.3 Å². The number of nitrogens with one attached hydrogen (secondary N) is 1. The average molecular weight is 301 g/mol. The van der Waals surface area contributed by atoms with Crippen LogP contribution in [0.4, 0.5) is 0 Å². The SMILES string of the molecule is CC(N[C@H](CO)Cc1ccccc1)c1cc2c(s1)CCC2. The maximum absolute atomic E-state index is 9.64. The van der Waals surface area contributed by atoms with Crippen molar-refractivity contribution in [3.63, 3.8) is 0 Å². The molecule has 2 atom stereocenters. The van der Waals surface area contributed by atoms with Crippen LogP contribution in [-0.2, 0) is 19.3 Å². The van der Waals surface area contributed by atoms with Crippen LogP contribution in [0.15, 0.2) is 36.4 Å². The van der Waals surface area contributed by atoms with Gasteiger partial charge in [-0.25, -0.2) is 0 Å². The zero-order valence-electron chi connectivity index (χ0n) is 12.5. The lowest BCUT2D eigenvalue weighted by molar-refractivity contribution is 0.233. The second kappa shape index (κ2) is 6.73. The van der Waals surface area contributed by atoms with E-state index in [-0.39, 0.29) is 12.6 Å². The molecule has 1 aromatic heterocycles. The number of benzene rings is 1. The first-order chi connectivity index (χ1) is 10.3. The minimum atomic E-state index is 0.111. The van der Waals surface area contributed by atoms with Gasteiger partial charge in [-0.05, 0) is 49.8 Å². The maximum atomic E-state index is 9.64. The Morgan fingerprint density at radius 1 is 1.24 bits per heavy atom. The number of thiophene rings is 1. The fourth-order valence-electron chi connectivity index (χ4n) is 3.08. The summed E-state index contributed by atoms with van der Waals surface area (Å²) in [5, 5.41) is 13.2. The molecule has 2 N–H and O–H groups in total. The van der Waals surface area contributed by atoms with E-state index >= 15 is 0 Å². The summed E-state index contributed by atoms with van der Waals surface area (Å²) < 4.78 is 0. The zero-order chi connectivity index (χ0) is 14.7. The smallest absolute Gasteiger partial charge is 0.0588 e. The first-order valence-corrected chi connectivity index (χ1v) is 8.60. The molecule has 2 aromatic rings. The van der Waals surface area contributed by atoms with Gasteiger partial charge in [0.2, 0.25) is 0 Å². The Bertz CT molecular complexity index is 557. The zero-order valence-corrected chi connectivity index (χ0v) is 13.3. The van der Waals surface area contributed by atoms with E-state index in [0.717, 1.165) is 6.42 Å². The minimum absolute atomic E-state index is 0.111. The predicted molar refractivity (Wildman–Crippen MR) is 88.9 cm³/mol. The second-order valence-corrected chi connectivity index (χ2v) is 7.08. The van der Waals surface area contributed by atoms with Crippen LogP contribution < -0.4 is 5.32 Å². The summed E-state index contributed by atoms with van der Waals surface area (Å²) in [5.74, 6) is 0. The summed E-state index contributed by atoms with van der Waals surface area (Å²) in [7, 11) is 0. The fraction of sp³-hybridized carbons (Fsp3) is 0.444. The molecule has 21 heavy (non-hydrogen) atoms. The summed E-state index contributed by atoms with van der Waals surface area (Å²) in [6.45, 7) is 2.37. The van der Waals surface area contributed by atoms with E-state index in [0.29, 0.717) is 6.04 Å². The number of fused-ring (bicyclic) bond motifs is 1. The van der Waals surface area contributed by atoms with Crippen molar-refractivity contribution in [2.75, 3.05) is 6.61 Å². The normalized spacial score (nSPS) is 16.7. The van der Waals surface area contributed by atoms with Crippen LogP contribution >= 0.6 is 11.3 Å². The molecule has 1 aromatic carbocycles. The van der Waals surface area contributed by atoms with Gasteiger partial charge in [-0.2, -0.15) is 0 Å². The van der Waals surface area contributed by atoms with E-state index < -0.39 is 0 Å². The van der Waals surface area contributed by atoms with Crippen LogP contribution in [0.2, 0.25) is 0 Å². The molecule has 0 radical (unpaired) electrons. The second-order valence-electron chi connectivity index (χ2n) is 5.91. The molecule has 0 aliphatic heterocycles. The van der Waals surface area contributed by atoms with Crippen LogP contribution in [0.5, 0.6) is 0 Å². The van der Waals surface area contributed by atoms with E-state index in [9.17, 15) is 5.11 Å². The highest BCUT2D eigenvalue weighted by Gasteiger charge is 2.19. The summed E-state index contributed by atoms with van der Waals surface area (Å²) >= 11 is 1.94. The predicted octanol–water partition coefficient (Wildman–Crippen LogP) is 3.49. The molecule has 1 aliphatic carbocycles. The van der Waals surface area contributed by atoms with Gasteiger partial charge in [-0.1, -0.05) is 30.3 Å². The number of rotatable bonds is 6. The van der Waals surface area contributed by atoms with Gasteiger partial charge >= 0.3 is 0 Å². The molecular formula is C18H23NOS. The molecule has 1 aliphatic rings. The monoisotopic (exact) mass is 301 g/mol. The third kappa shape index (κ3) is 3.54. The lowest BCUT2D eigenvalue weighted by Crippen LogP contribution is -2.36. The molecule has 0 spiro atoms. The summed E-state index contributed by atoms with van der Waals surface area (Å²) in [6, 6.07) is 13.2. The van der Waals surface area contributed by atoms with Gasteiger partial charge in [0.05, 0.1) is 6.61 Å². The molecule has 0 amide bonds. The Morgan fingerprint density at radius 2 is 2.05 bits per heavy atom. The van der Waals surface area contributed by atoms with Crippen molar-refractivity contribution in [2.45, 2.75) is 44.7 Å². The van der Waals surface area contributed by atoms with Gasteiger partial charge in [-0.15, -0.1) is 11.3 Å². The highest BCUT2D eigenvalue weighted by atomic mass is 32.1. The van der Waals surface area contributed by atoms with E-state index in [1.54, 1.807) is 10.4 Å². The number of aryl methyl sites for hydroxylation is 2. The van der Waals surface area contributed by atoms with Crippen molar-refractivity contribution in [2.24, 2.45) is 0 Å². The molecule has 0 saturated carbocycles. The summed E-state index contributed by atoms with van der Waals surface area (Å²) in [6.07, 6.45) is 4.68. The average Bonchev–Trinajstić information content (AvgIpc) is 3.08. The highest BCUT2D eigenvalue weighted by molar-refractivity contribution is 7.12. The van der Waals surface area contributed by atoms with Crippen molar-refractivity contribution in [3.8, 4) is 0 Å². The third-order valence-electron chi connectivity index (χ3n) is 4.22. The van der Waals surface area contributed by atoms with Gasteiger partial charge in [-0.3, -0.25) is 0 Å². The first-order valence-electron chi connectivity index (χ1n) is 7.78. The molecule has 112 valence electrons. The molecule has 2 nitrogen and oxygen atoms in total. The van der Waals surface area contributed by atoms with Crippen molar-refractivity contribution < 1.29 is 5.11 Å². The van der Waals surface area contributed by atoms with Gasteiger partial charge in [0.1, 0.15) is 0 Å². The van der Waals surface area contributed by atoms with E-state index in [2.05, 4.69) is 42.6 Å². The Morgan fingerprint density at radius 3 is 2.76 bits per heavy atom. The van der Waals surface area contributed by atoms with Crippen LogP contribution in [0.3, 0.4) is 0 Å². The van der Waals surface area contributed by atoms with E-state index in [1.807, 2.05) is 17.4 Å². The maximum Gasteiger partial charge on any atom is 0.0588 e. The Balaban J connectivity index is 1.62. The van der Waals surface area contributed by atoms with Crippen LogP contribution in [0, 0.1) is 0 Å². The van der Waals surface area contributed by atoms with Crippen LogP contribution in [0.25, 0.3) is 0 Å². The molecule has 0 bridgehead atoms. The van der Waals surface area contributed by atoms with Gasteiger partial charge in [0.15, 0.2) is 0 Å². The van der Waals surface area contributed by atoms with Gasteiger partial charge in [0, 0.05) is 21.8 Å². The Kier molecular flexibility index (Phi) is 4.73. The standard InChI is InChI=1S/C18H23NOS/c1-13(18-11-15-8-5-9-17(15)21-18)19-16(12-20)10-14-6-3-2-4-7-14/h2-4,6-7,11,13,16,19-20H,5,8-10,12H2,1H3/t13?,16-/m0/s1. The fourth-order valence-corrected chi connectivity index (χ4v) is 4.34. The lowest BCUT2D eigenvalue weighted by atomic mass is 10.1. The molecule has 0 saturated heterocycles. The third-order valence-corrected chi connectivity index (χ3v) is 5.64. The quantitative estimate of drug-likeness (QED) is 0.856. The summed E-state index contributed by atoms with van der Waals surface area (Å²) in [5.41, 5.74) is 2.82. The largest absolute Gasteiger partial charge is 0.395 e. The Hall–Kier alpha value is -1.16. The van der Waals surface area contributed by atoms with Gasteiger partial charge < -0.3 is 10.4 Å². The van der Waals surface area contributed by atoms with Crippen molar-refractivity contribution in [1.29, 1.82) is 0 Å². The van der Waals surface area contributed by atoms with Crippen molar-refractivity contribution in [1.82, 2.24) is 5.32 Å². The molecule has 1 heterocycles. The topological polar surface area (TPSA) is 32.3 Å². The number of hydrogen-bond acceptors (Lipinski definition) is 3. The van der Waals surface area contributed by atoms with Crippen molar-refractivity contribution in [3.05, 3.63) is 57.3 Å². The van der Waals surface area contributed by atoms with E-state index in [4.69, 9.17) is 0 Å². The number of aliphatic hydroxyl groups is 1. The van der Waals surface area contributed by atoms with Gasteiger partial charge in [0.25, 0.3) is 0 Å². The highest BCUT2D eigenvalue weighted by Crippen LogP contribution is 2.33. The first kappa shape index (κ1) is 14.8. The minimum Gasteiger partial charge on any atom is -0.395 e. The Labute approximate surface area is 130 Å². The lowest BCUT2D eigenvalue weighted by Gasteiger charge is -2.21. The molecule has 1 unspecified atom stereocenters.